The predicted octanol–water partition coefficient (Wildman–Crippen LogP) is 3.93. The lowest BCUT2D eigenvalue weighted by atomic mass is 9.92. The summed E-state index contributed by atoms with van der Waals surface area (Å²) in [5, 5.41) is 0. The molecule has 1 aromatic rings. The first-order valence-electron chi connectivity index (χ1n) is 9.76. The molecule has 25 heavy (non-hydrogen) atoms. The Bertz CT molecular complexity index is 574. The zero-order valence-electron chi connectivity index (χ0n) is 15.3. The Morgan fingerprint density at radius 3 is 2.84 bits per heavy atom. The van der Waals surface area contributed by atoms with E-state index in [0.717, 1.165) is 58.1 Å². The van der Waals surface area contributed by atoms with Gasteiger partial charge in [-0.05, 0) is 56.6 Å². The standard InChI is InChI=1S/C20H30FN3O/c1-16-9-11-22-20(19(16)21)23-12-5-6-17(14-23)10-13-24(15-25)18-7-3-2-4-8-18/h9,11,15,17-18H,2-8,10,12-14H2,1H3/t17-/m0/s1. The molecular weight excluding hydrogens is 317 g/mol. The minimum Gasteiger partial charge on any atom is -0.354 e. The van der Waals surface area contributed by atoms with E-state index in [2.05, 4.69) is 9.88 Å². The van der Waals surface area contributed by atoms with Gasteiger partial charge < -0.3 is 9.80 Å². The Morgan fingerprint density at radius 1 is 1.28 bits per heavy atom. The normalized spacial score (nSPS) is 22.0. The number of anilines is 1. The number of rotatable bonds is 6. The van der Waals surface area contributed by atoms with Crippen molar-refractivity contribution >= 4 is 12.2 Å². The van der Waals surface area contributed by atoms with Gasteiger partial charge in [0.15, 0.2) is 11.6 Å². The third-order valence-electron chi connectivity index (χ3n) is 5.86. The van der Waals surface area contributed by atoms with Crippen LogP contribution in [0.25, 0.3) is 0 Å². The average Bonchev–Trinajstić information content (AvgIpc) is 2.65. The Hall–Kier alpha value is -1.65. The molecule has 2 aliphatic rings. The zero-order valence-corrected chi connectivity index (χ0v) is 15.3. The first-order valence-corrected chi connectivity index (χ1v) is 9.76. The fraction of sp³-hybridized carbons (Fsp3) is 0.700. The topological polar surface area (TPSA) is 36.4 Å². The molecule has 2 heterocycles. The lowest BCUT2D eigenvalue weighted by molar-refractivity contribution is -0.121. The van der Waals surface area contributed by atoms with Gasteiger partial charge in [-0.15, -0.1) is 0 Å². The van der Waals surface area contributed by atoms with Crippen LogP contribution < -0.4 is 4.90 Å². The highest BCUT2D eigenvalue weighted by Crippen LogP contribution is 2.28. The number of aryl methyl sites for hydroxylation is 1. The quantitative estimate of drug-likeness (QED) is 0.732. The Balaban J connectivity index is 1.56. The summed E-state index contributed by atoms with van der Waals surface area (Å²) in [5.74, 6) is 0.797. The summed E-state index contributed by atoms with van der Waals surface area (Å²) in [6, 6.07) is 2.15. The summed E-state index contributed by atoms with van der Waals surface area (Å²) in [6.07, 6.45) is 12.0. The molecule has 0 unspecified atom stereocenters. The smallest absolute Gasteiger partial charge is 0.209 e. The van der Waals surface area contributed by atoms with Gasteiger partial charge in [0.05, 0.1) is 0 Å². The molecule has 0 spiro atoms. The summed E-state index contributed by atoms with van der Waals surface area (Å²) in [4.78, 5) is 19.9. The van der Waals surface area contributed by atoms with E-state index in [9.17, 15) is 9.18 Å². The molecular formula is C20H30FN3O. The molecule has 2 fully saturated rings. The second-order valence-electron chi connectivity index (χ2n) is 7.64. The summed E-state index contributed by atoms with van der Waals surface area (Å²) in [5.41, 5.74) is 0.650. The van der Waals surface area contributed by atoms with Crippen LogP contribution in [0.3, 0.4) is 0 Å². The van der Waals surface area contributed by atoms with Crippen LogP contribution in [0.4, 0.5) is 10.2 Å². The molecule has 1 atom stereocenters. The highest BCUT2D eigenvalue weighted by molar-refractivity contribution is 5.47. The maximum Gasteiger partial charge on any atom is 0.209 e. The van der Waals surface area contributed by atoms with Crippen LogP contribution in [0.2, 0.25) is 0 Å². The molecule has 1 aliphatic heterocycles. The number of hydrogen-bond donors (Lipinski definition) is 0. The van der Waals surface area contributed by atoms with E-state index < -0.39 is 0 Å². The molecule has 1 amide bonds. The maximum absolute atomic E-state index is 14.4. The van der Waals surface area contributed by atoms with Crippen LogP contribution in [0.15, 0.2) is 12.3 Å². The molecule has 0 aromatic carbocycles. The number of pyridine rings is 1. The van der Waals surface area contributed by atoms with E-state index in [1.165, 1.54) is 19.3 Å². The average molecular weight is 347 g/mol. The number of carbonyl (C=O) groups excluding carboxylic acids is 1. The maximum atomic E-state index is 14.4. The van der Waals surface area contributed by atoms with Crippen molar-refractivity contribution in [2.24, 2.45) is 5.92 Å². The van der Waals surface area contributed by atoms with E-state index in [1.807, 2.05) is 4.90 Å². The summed E-state index contributed by atoms with van der Waals surface area (Å²) in [7, 11) is 0. The summed E-state index contributed by atoms with van der Waals surface area (Å²) >= 11 is 0. The van der Waals surface area contributed by atoms with E-state index >= 15 is 0 Å². The Morgan fingerprint density at radius 2 is 2.08 bits per heavy atom. The van der Waals surface area contributed by atoms with E-state index in [-0.39, 0.29) is 5.82 Å². The molecule has 4 nitrogen and oxygen atoms in total. The molecule has 1 aliphatic carbocycles. The van der Waals surface area contributed by atoms with Crippen molar-refractivity contribution in [1.29, 1.82) is 0 Å². The lowest BCUT2D eigenvalue weighted by Gasteiger charge is -2.36. The Labute approximate surface area is 150 Å². The Kier molecular flexibility index (Phi) is 6.27. The van der Waals surface area contributed by atoms with Gasteiger partial charge in [0.2, 0.25) is 6.41 Å². The van der Waals surface area contributed by atoms with Crippen molar-refractivity contribution in [3.05, 3.63) is 23.6 Å². The SMILES string of the molecule is Cc1ccnc(N2CCC[C@@H](CCN(C=O)C3CCCCC3)C2)c1F. The lowest BCUT2D eigenvalue weighted by Crippen LogP contribution is -2.40. The fourth-order valence-corrected chi connectivity index (χ4v) is 4.31. The molecule has 1 saturated carbocycles. The molecule has 0 radical (unpaired) electrons. The number of piperidine rings is 1. The number of aromatic nitrogens is 1. The minimum atomic E-state index is -0.195. The van der Waals surface area contributed by atoms with Crippen LogP contribution in [0.1, 0.15) is 56.9 Å². The highest BCUT2D eigenvalue weighted by atomic mass is 19.1. The third kappa shape index (κ3) is 4.50. The van der Waals surface area contributed by atoms with Gasteiger partial charge in [0, 0.05) is 31.9 Å². The van der Waals surface area contributed by atoms with Gasteiger partial charge in [-0.1, -0.05) is 19.3 Å². The number of carbonyl (C=O) groups is 1. The van der Waals surface area contributed by atoms with Crippen LogP contribution in [-0.4, -0.2) is 42.0 Å². The van der Waals surface area contributed by atoms with Crippen molar-refractivity contribution in [3.63, 3.8) is 0 Å². The van der Waals surface area contributed by atoms with Gasteiger partial charge in [-0.25, -0.2) is 9.37 Å². The van der Waals surface area contributed by atoms with Crippen LogP contribution in [0, 0.1) is 18.7 Å². The monoisotopic (exact) mass is 347 g/mol. The molecule has 5 heteroatoms. The molecule has 3 rings (SSSR count). The fourth-order valence-electron chi connectivity index (χ4n) is 4.31. The first kappa shape index (κ1) is 18.2. The molecule has 1 aromatic heterocycles. The number of halogens is 1. The molecule has 0 N–H and O–H groups in total. The third-order valence-corrected chi connectivity index (χ3v) is 5.86. The van der Waals surface area contributed by atoms with Crippen molar-refractivity contribution in [3.8, 4) is 0 Å². The molecule has 1 saturated heterocycles. The number of nitrogens with zero attached hydrogens (tertiary/aromatic N) is 3. The summed E-state index contributed by atoms with van der Waals surface area (Å²) < 4.78 is 14.4. The van der Waals surface area contributed by atoms with Gasteiger partial charge in [0.25, 0.3) is 0 Å². The van der Waals surface area contributed by atoms with E-state index in [1.54, 1.807) is 19.2 Å². The van der Waals surface area contributed by atoms with Crippen LogP contribution >= 0.6 is 0 Å². The largest absolute Gasteiger partial charge is 0.354 e. The van der Waals surface area contributed by atoms with Gasteiger partial charge in [-0.3, -0.25) is 4.79 Å². The number of amides is 1. The highest BCUT2D eigenvalue weighted by Gasteiger charge is 2.25. The van der Waals surface area contributed by atoms with Gasteiger partial charge in [0.1, 0.15) is 0 Å². The van der Waals surface area contributed by atoms with Gasteiger partial charge in [-0.2, -0.15) is 0 Å². The van der Waals surface area contributed by atoms with Crippen molar-refractivity contribution in [2.75, 3.05) is 24.5 Å². The van der Waals surface area contributed by atoms with Crippen LogP contribution in [0.5, 0.6) is 0 Å². The van der Waals surface area contributed by atoms with Crippen LogP contribution in [-0.2, 0) is 4.79 Å². The zero-order chi connectivity index (χ0) is 17.6. The minimum absolute atomic E-state index is 0.195. The predicted molar refractivity (Wildman–Crippen MR) is 98.1 cm³/mol. The summed E-state index contributed by atoms with van der Waals surface area (Å²) in [6.45, 7) is 4.32. The van der Waals surface area contributed by atoms with Crippen molar-refractivity contribution in [1.82, 2.24) is 9.88 Å². The van der Waals surface area contributed by atoms with Gasteiger partial charge >= 0.3 is 0 Å². The number of hydrogen-bond acceptors (Lipinski definition) is 3. The molecule has 0 bridgehead atoms. The van der Waals surface area contributed by atoms with E-state index in [0.29, 0.717) is 23.3 Å². The van der Waals surface area contributed by atoms with Crippen molar-refractivity contribution < 1.29 is 9.18 Å². The second kappa shape index (κ2) is 8.63. The van der Waals surface area contributed by atoms with Crippen molar-refractivity contribution in [2.45, 2.75) is 64.3 Å². The van der Waals surface area contributed by atoms with E-state index in [4.69, 9.17) is 0 Å². The second-order valence-corrected chi connectivity index (χ2v) is 7.64. The molecule has 138 valence electrons. The first-order chi connectivity index (χ1) is 12.2.